The number of imidazole rings is 1. The van der Waals surface area contributed by atoms with E-state index in [1.165, 1.54) is 11.1 Å². The molecule has 4 aromatic carbocycles. The van der Waals surface area contributed by atoms with Gasteiger partial charge in [-0.15, -0.1) is 41.5 Å². The fraction of sp³-hybridized carbons (Fsp3) is 0.171. The van der Waals surface area contributed by atoms with Crippen LogP contribution in [-0.2, 0) is 22.4 Å². The van der Waals surface area contributed by atoms with E-state index in [2.05, 4.69) is 85.8 Å². The van der Waals surface area contributed by atoms with Gasteiger partial charge in [0.05, 0.1) is 22.3 Å². The topological polar surface area (TPSA) is 52.1 Å². The van der Waals surface area contributed by atoms with Gasteiger partial charge in [0.15, 0.2) is 0 Å². The summed E-state index contributed by atoms with van der Waals surface area (Å²) in [4.78, 5) is 9.72. The van der Waals surface area contributed by atoms with Crippen molar-refractivity contribution < 1.29 is 27.5 Å². The van der Waals surface area contributed by atoms with Crippen LogP contribution in [0.15, 0.2) is 97.2 Å². The molecule has 0 aliphatic carbocycles. The Morgan fingerprint density at radius 3 is 2.05 bits per heavy atom. The van der Waals surface area contributed by atoms with Gasteiger partial charge in [-0.2, -0.15) is 6.20 Å². The predicted molar refractivity (Wildman–Crippen MR) is 159 cm³/mol. The summed E-state index contributed by atoms with van der Waals surface area (Å²) >= 11 is 0. The van der Waals surface area contributed by atoms with E-state index >= 15 is 0 Å². The maximum Gasteiger partial charge on any atom is 0.148 e. The van der Waals surface area contributed by atoms with Gasteiger partial charge in [-0.3, -0.25) is 4.57 Å². The van der Waals surface area contributed by atoms with Crippen LogP contribution in [0.1, 0.15) is 50.7 Å². The van der Waals surface area contributed by atoms with Crippen molar-refractivity contribution in [3.05, 3.63) is 114 Å². The van der Waals surface area contributed by atoms with Crippen LogP contribution in [-0.4, -0.2) is 14.7 Å². The van der Waals surface area contributed by atoms with Crippen molar-refractivity contribution in [3.63, 3.8) is 0 Å². The second kappa shape index (κ2) is 11.3. The predicted octanol–water partition coefficient (Wildman–Crippen LogP) is 8.73. The Morgan fingerprint density at radius 2 is 1.38 bits per heavy atom. The van der Waals surface area contributed by atoms with Gasteiger partial charge in [0.2, 0.25) is 0 Å². The number of fused-ring (bicyclic) bond motifs is 1. The van der Waals surface area contributed by atoms with E-state index in [0.717, 1.165) is 44.9 Å². The Morgan fingerprint density at radius 1 is 0.725 bits per heavy atom. The van der Waals surface area contributed by atoms with Crippen molar-refractivity contribution in [1.29, 1.82) is 0 Å². The number of nitrogens with zero attached hydrogens (tertiary/aromatic N) is 3. The minimum atomic E-state index is 0. The summed E-state index contributed by atoms with van der Waals surface area (Å²) in [6.45, 7) is 8.91. The Bertz CT molecular complexity index is 1750. The monoisotopic (exact) mass is 706 g/mol. The van der Waals surface area contributed by atoms with E-state index in [-0.39, 0.29) is 28.1 Å². The molecule has 4 nitrogen and oxygen atoms in total. The Hall–Kier alpha value is -3.83. The van der Waals surface area contributed by atoms with E-state index in [1.54, 1.807) is 12.3 Å². The van der Waals surface area contributed by atoms with Crippen LogP contribution < -0.4 is 4.98 Å². The molecular weight excluding hydrogens is 675 g/mol. The number of para-hydroxylation sites is 3. The Balaban J connectivity index is 0.00000323. The summed E-state index contributed by atoms with van der Waals surface area (Å²) in [5.74, 6) is 1.54. The number of phenols is 1. The van der Waals surface area contributed by atoms with E-state index in [1.807, 2.05) is 42.5 Å². The van der Waals surface area contributed by atoms with Crippen LogP contribution in [0.3, 0.4) is 0 Å². The fourth-order valence-corrected chi connectivity index (χ4v) is 5.39. The van der Waals surface area contributed by atoms with E-state index in [4.69, 9.17) is 4.98 Å². The standard InChI is InChI=1S/C35H31N3O.Au/c1-22(2)26-14-8-15-27(23(3)4)34(26)38-31-18-9-16-28(24-11-7-12-25(21-24)30-17-10-20-36-30)33(31)37-35(38)29-13-5-6-19-32(29)39;/h5-20,22-23H,1-4H3,(H,37,39);/q-2;. The maximum atomic E-state index is 11.0. The first-order valence-electron chi connectivity index (χ1n) is 13.5. The van der Waals surface area contributed by atoms with Crippen molar-refractivity contribution in [2.45, 2.75) is 39.5 Å². The number of aromatic hydroxyl groups is 1. The molecule has 205 valence electrons. The summed E-state index contributed by atoms with van der Waals surface area (Å²) in [5, 5.41) is 11.0. The normalized spacial score (nSPS) is 11.3. The SMILES string of the molecule is CC(C)c1cccc(C(C)C)c1-n1c(-c2ccccc2O)nc2c(-c3[c-]c(-c4ccc[n-]4)ccc3)cccc21.[Au]. The first kappa shape index (κ1) is 27.7. The number of rotatable bonds is 6. The largest absolute Gasteiger partial charge is 0.699 e. The molecule has 6 rings (SSSR count). The van der Waals surface area contributed by atoms with Crippen molar-refractivity contribution >= 4 is 11.0 Å². The Labute approximate surface area is 251 Å². The third-order valence-corrected chi connectivity index (χ3v) is 7.31. The average Bonchev–Trinajstić information content (AvgIpc) is 3.61. The molecule has 40 heavy (non-hydrogen) atoms. The first-order valence-corrected chi connectivity index (χ1v) is 13.5. The molecule has 0 aliphatic rings. The molecule has 0 spiro atoms. The molecule has 6 aromatic rings. The molecule has 5 heteroatoms. The van der Waals surface area contributed by atoms with Crippen LogP contribution in [0.4, 0.5) is 0 Å². The smallest absolute Gasteiger partial charge is 0.148 e. The van der Waals surface area contributed by atoms with Crippen LogP contribution in [0.5, 0.6) is 5.75 Å². The third-order valence-electron chi connectivity index (χ3n) is 7.31. The van der Waals surface area contributed by atoms with Crippen molar-refractivity contribution in [2.75, 3.05) is 0 Å². The van der Waals surface area contributed by atoms with Crippen LogP contribution >= 0.6 is 0 Å². The average molecular weight is 707 g/mol. The second-order valence-corrected chi connectivity index (χ2v) is 10.6. The van der Waals surface area contributed by atoms with Gasteiger partial charge in [0, 0.05) is 22.4 Å². The van der Waals surface area contributed by atoms with Gasteiger partial charge in [0.25, 0.3) is 0 Å². The van der Waals surface area contributed by atoms with Gasteiger partial charge in [-0.25, -0.2) is 10.7 Å². The molecule has 0 unspecified atom stereocenters. The van der Waals surface area contributed by atoms with Crippen molar-refractivity contribution in [3.8, 4) is 45.2 Å². The van der Waals surface area contributed by atoms with Crippen LogP contribution in [0.25, 0.3) is 50.5 Å². The van der Waals surface area contributed by atoms with E-state index in [0.29, 0.717) is 17.4 Å². The molecule has 2 heterocycles. The van der Waals surface area contributed by atoms with Crippen LogP contribution in [0, 0.1) is 6.07 Å². The van der Waals surface area contributed by atoms with E-state index < -0.39 is 0 Å². The molecule has 1 radical (unpaired) electrons. The van der Waals surface area contributed by atoms with Crippen LogP contribution in [0.2, 0.25) is 0 Å². The van der Waals surface area contributed by atoms with Gasteiger partial charge in [0.1, 0.15) is 11.6 Å². The fourth-order valence-electron chi connectivity index (χ4n) is 5.39. The number of benzene rings is 4. The van der Waals surface area contributed by atoms with Crippen molar-refractivity contribution in [2.24, 2.45) is 0 Å². The second-order valence-electron chi connectivity index (χ2n) is 10.6. The molecule has 0 aliphatic heterocycles. The summed E-state index contributed by atoms with van der Waals surface area (Å²) in [7, 11) is 0. The summed E-state index contributed by atoms with van der Waals surface area (Å²) < 4.78 is 2.25. The van der Waals surface area contributed by atoms with Gasteiger partial charge in [-0.05, 0) is 41.2 Å². The quantitative estimate of drug-likeness (QED) is 0.139. The summed E-state index contributed by atoms with van der Waals surface area (Å²) in [6.07, 6.45) is 1.80. The number of hydrogen-bond acceptors (Lipinski definition) is 2. The van der Waals surface area contributed by atoms with Gasteiger partial charge in [-0.1, -0.05) is 81.8 Å². The number of hydrogen-bond donors (Lipinski definition) is 1. The number of phenolic OH excluding ortho intramolecular Hbond substituents is 1. The molecule has 0 saturated carbocycles. The Kier molecular flexibility index (Phi) is 7.86. The van der Waals surface area contributed by atoms with E-state index in [9.17, 15) is 5.11 Å². The summed E-state index contributed by atoms with van der Waals surface area (Å²) in [6, 6.07) is 34.0. The molecule has 0 bridgehead atoms. The molecule has 2 aromatic heterocycles. The molecule has 0 atom stereocenters. The molecule has 0 saturated heterocycles. The molecule has 0 fully saturated rings. The minimum absolute atomic E-state index is 0. The molecule has 0 amide bonds. The third kappa shape index (κ3) is 4.84. The zero-order chi connectivity index (χ0) is 27.1. The summed E-state index contributed by atoms with van der Waals surface area (Å²) in [5.41, 5.74) is 9.99. The van der Waals surface area contributed by atoms with Gasteiger partial charge < -0.3 is 10.1 Å². The number of aromatic nitrogens is 3. The first-order chi connectivity index (χ1) is 18.9. The minimum Gasteiger partial charge on any atom is -0.699 e. The maximum absolute atomic E-state index is 11.0. The molecular formula is C35H31AuN3O-2. The van der Waals surface area contributed by atoms with Crippen molar-refractivity contribution in [1.82, 2.24) is 14.5 Å². The molecule has 1 N–H and O–H groups in total. The zero-order valence-corrected chi connectivity index (χ0v) is 25.1. The van der Waals surface area contributed by atoms with Gasteiger partial charge >= 0.3 is 0 Å². The zero-order valence-electron chi connectivity index (χ0n) is 23.0.